The Hall–Kier alpha value is -3.11. The molecule has 0 aliphatic rings. The Morgan fingerprint density at radius 2 is 2.00 bits per heavy atom. The van der Waals surface area contributed by atoms with E-state index in [1.54, 1.807) is 13.8 Å². The second-order valence-corrected chi connectivity index (χ2v) is 5.37. The number of carbonyl (C=O) groups is 1. The average Bonchev–Trinajstić information content (AvgIpc) is 2.89. The van der Waals surface area contributed by atoms with Gasteiger partial charge in [-0.1, -0.05) is 5.16 Å². The maximum absolute atomic E-state index is 12.7. The summed E-state index contributed by atoms with van der Waals surface area (Å²) in [6, 6.07) is 2.19. The monoisotopic (exact) mass is 372 g/mol. The SMILES string of the molecule is Cc1noc(C)c1C(=O)NCCNc1ccc(C(F)(F)F)cc1[N+](=O)[O-]. The Balaban J connectivity index is 1.99. The van der Waals surface area contributed by atoms with Crippen molar-refractivity contribution >= 4 is 17.3 Å². The Kier molecular flexibility index (Phi) is 5.48. The molecule has 0 saturated carbocycles. The van der Waals surface area contributed by atoms with E-state index in [1.807, 2.05) is 0 Å². The second-order valence-electron chi connectivity index (χ2n) is 5.37. The van der Waals surface area contributed by atoms with Crippen molar-refractivity contribution in [2.24, 2.45) is 0 Å². The largest absolute Gasteiger partial charge is 0.416 e. The molecule has 0 radical (unpaired) electrons. The summed E-state index contributed by atoms with van der Waals surface area (Å²) in [5.74, 6) is -0.0729. The molecule has 0 aliphatic carbocycles. The van der Waals surface area contributed by atoms with Gasteiger partial charge in [0.2, 0.25) is 0 Å². The van der Waals surface area contributed by atoms with Crippen LogP contribution in [0.4, 0.5) is 24.5 Å². The van der Waals surface area contributed by atoms with Crippen LogP contribution < -0.4 is 10.6 Å². The highest BCUT2D eigenvalue weighted by Gasteiger charge is 2.33. The molecule has 2 aromatic rings. The van der Waals surface area contributed by atoms with Gasteiger partial charge in [0.1, 0.15) is 17.0 Å². The van der Waals surface area contributed by atoms with Gasteiger partial charge in [-0.15, -0.1) is 0 Å². The number of aryl methyl sites for hydroxylation is 2. The molecule has 0 saturated heterocycles. The van der Waals surface area contributed by atoms with Crippen molar-refractivity contribution in [3.05, 3.63) is 50.9 Å². The first-order valence-corrected chi connectivity index (χ1v) is 7.42. The van der Waals surface area contributed by atoms with Crippen LogP contribution in [-0.4, -0.2) is 29.1 Å². The smallest absolute Gasteiger partial charge is 0.378 e. The van der Waals surface area contributed by atoms with Gasteiger partial charge >= 0.3 is 6.18 Å². The van der Waals surface area contributed by atoms with Gasteiger partial charge in [0.25, 0.3) is 11.6 Å². The van der Waals surface area contributed by atoms with E-state index in [1.165, 1.54) is 0 Å². The molecule has 8 nitrogen and oxygen atoms in total. The molecule has 1 amide bonds. The van der Waals surface area contributed by atoms with Crippen LogP contribution in [-0.2, 0) is 6.18 Å². The molecule has 0 atom stereocenters. The van der Waals surface area contributed by atoms with Crippen LogP contribution in [0.15, 0.2) is 22.7 Å². The van der Waals surface area contributed by atoms with Crippen LogP contribution in [0.2, 0.25) is 0 Å². The summed E-state index contributed by atoms with van der Waals surface area (Å²) in [6.07, 6.45) is -4.67. The van der Waals surface area contributed by atoms with Crippen LogP contribution in [0.5, 0.6) is 0 Å². The average molecular weight is 372 g/mol. The van der Waals surface area contributed by atoms with Crippen molar-refractivity contribution in [2.75, 3.05) is 18.4 Å². The summed E-state index contributed by atoms with van der Waals surface area (Å²) >= 11 is 0. The molecule has 2 rings (SSSR count). The fraction of sp³-hybridized carbons (Fsp3) is 0.333. The fourth-order valence-electron chi connectivity index (χ4n) is 2.28. The first-order valence-electron chi connectivity index (χ1n) is 7.42. The molecular formula is C15H15F3N4O4. The summed E-state index contributed by atoms with van der Waals surface area (Å²) in [7, 11) is 0. The van der Waals surface area contributed by atoms with Gasteiger partial charge in [0, 0.05) is 19.2 Å². The zero-order valence-electron chi connectivity index (χ0n) is 13.8. The molecule has 0 unspecified atom stereocenters. The molecule has 1 aromatic heterocycles. The van der Waals surface area contributed by atoms with E-state index in [9.17, 15) is 28.1 Å². The number of nitrogens with zero attached hydrogens (tertiary/aromatic N) is 2. The van der Waals surface area contributed by atoms with Gasteiger partial charge in [-0.2, -0.15) is 13.2 Å². The van der Waals surface area contributed by atoms with Crippen LogP contribution in [0, 0.1) is 24.0 Å². The number of alkyl halides is 3. The minimum atomic E-state index is -4.67. The summed E-state index contributed by atoms with van der Waals surface area (Å²) in [6.45, 7) is 3.34. The van der Waals surface area contributed by atoms with E-state index in [-0.39, 0.29) is 18.8 Å². The van der Waals surface area contributed by atoms with E-state index in [0.717, 1.165) is 12.1 Å². The lowest BCUT2D eigenvalue weighted by Crippen LogP contribution is -2.29. The Morgan fingerprint density at radius 1 is 1.31 bits per heavy atom. The number of benzene rings is 1. The number of nitro groups is 1. The highest BCUT2D eigenvalue weighted by molar-refractivity contribution is 5.96. The quantitative estimate of drug-likeness (QED) is 0.458. The van der Waals surface area contributed by atoms with Gasteiger partial charge in [-0.25, -0.2) is 0 Å². The molecule has 1 aromatic carbocycles. The van der Waals surface area contributed by atoms with Gasteiger partial charge in [0.05, 0.1) is 16.2 Å². The molecule has 0 bridgehead atoms. The molecule has 0 spiro atoms. The molecule has 11 heteroatoms. The lowest BCUT2D eigenvalue weighted by Gasteiger charge is -2.11. The lowest BCUT2D eigenvalue weighted by atomic mass is 10.1. The topological polar surface area (TPSA) is 110 Å². The number of hydrogen-bond acceptors (Lipinski definition) is 6. The number of halogens is 3. The first-order chi connectivity index (χ1) is 12.1. The number of carbonyl (C=O) groups excluding carboxylic acids is 1. The lowest BCUT2D eigenvalue weighted by molar-refractivity contribution is -0.384. The van der Waals surface area contributed by atoms with E-state index in [0.29, 0.717) is 23.1 Å². The van der Waals surface area contributed by atoms with Crippen molar-refractivity contribution in [2.45, 2.75) is 20.0 Å². The highest BCUT2D eigenvalue weighted by atomic mass is 19.4. The third kappa shape index (κ3) is 4.29. The number of nitro benzene ring substituents is 1. The van der Waals surface area contributed by atoms with Crippen LogP contribution in [0.3, 0.4) is 0 Å². The maximum atomic E-state index is 12.7. The molecule has 2 N–H and O–H groups in total. The molecular weight excluding hydrogens is 357 g/mol. The fourth-order valence-corrected chi connectivity index (χ4v) is 2.28. The third-order valence-corrected chi connectivity index (χ3v) is 3.51. The number of anilines is 1. The van der Waals surface area contributed by atoms with Crippen molar-refractivity contribution < 1.29 is 27.4 Å². The first kappa shape index (κ1) is 19.2. The summed E-state index contributed by atoms with van der Waals surface area (Å²) in [5.41, 5.74) is -1.16. The Labute approximate surface area is 145 Å². The van der Waals surface area contributed by atoms with Crippen LogP contribution >= 0.6 is 0 Å². The number of hydrogen-bond donors (Lipinski definition) is 2. The minimum absolute atomic E-state index is 0.0708. The second kappa shape index (κ2) is 7.42. The zero-order valence-corrected chi connectivity index (χ0v) is 13.8. The molecule has 26 heavy (non-hydrogen) atoms. The normalized spacial score (nSPS) is 11.3. The molecule has 1 heterocycles. The summed E-state index contributed by atoms with van der Waals surface area (Å²) in [4.78, 5) is 22.1. The van der Waals surface area contributed by atoms with Crippen molar-refractivity contribution in [3.8, 4) is 0 Å². The van der Waals surface area contributed by atoms with Crippen LogP contribution in [0.25, 0.3) is 0 Å². The number of rotatable bonds is 6. The standard InChI is InChI=1S/C15H15F3N4O4/c1-8-13(9(2)26-21-8)14(23)20-6-5-19-11-4-3-10(15(16,17)18)7-12(11)22(24)25/h3-4,7,19H,5-6H2,1-2H3,(H,20,23). The van der Waals surface area contributed by atoms with Crippen molar-refractivity contribution in [3.63, 3.8) is 0 Å². The molecule has 0 aliphatic heterocycles. The Bertz CT molecular complexity index is 813. The number of nitrogens with one attached hydrogen (secondary N) is 2. The third-order valence-electron chi connectivity index (χ3n) is 3.51. The predicted molar refractivity (Wildman–Crippen MR) is 84.9 cm³/mol. The Morgan fingerprint density at radius 3 is 2.54 bits per heavy atom. The van der Waals surface area contributed by atoms with Gasteiger partial charge < -0.3 is 15.2 Å². The molecule has 0 fully saturated rings. The van der Waals surface area contributed by atoms with Gasteiger partial charge in [-0.3, -0.25) is 14.9 Å². The molecule has 140 valence electrons. The van der Waals surface area contributed by atoms with E-state index in [2.05, 4.69) is 15.8 Å². The van der Waals surface area contributed by atoms with E-state index >= 15 is 0 Å². The van der Waals surface area contributed by atoms with Crippen molar-refractivity contribution in [1.82, 2.24) is 10.5 Å². The number of aromatic nitrogens is 1. The van der Waals surface area contributed by atoms with Gasteiger partial charge in [-0.05, 0) is 26.0 Å². The minimum Gasteiger partial charge on any atom is -0.378 e. The zero-order chi connectivity index (χ0) is 19.5. The number of amides is 1. The predicted octanol–water partition coefficient (Wildman–Crippen LogP) is 3.06. The summed E-state index contributed by atoms with van der Waals surface area (Å²) < 4.78 is 42.8. The van der Waals surface area contributed by atoms with E-state index in [4.69, 9.17) is 4.52 Å². The van der Waals surface area contributed by atoms with Crippen LogP contribution in [0.1, 0.15) is 27.4 Å². The highest BCUT2D eigenvalue weighted by Crippen LogP contribution is 2.34. The van der Waals surface area contributed by atoms with Gasteiger partial charge in [0.15, 0.2) is 0 Å². The summed E-state index contributed by atoms with van der Waals surface area (Å²) in [5, 5.41) is 19.8. The maximum Gasteiger partial charge on any atom is 0.416 e. The van der Waals surface area contributed by atoms with Crippen molar-refractivity contribution in [1.29, 1.82) is 0 Å². The van der Waals surface area contributed by atoms with E-state index < -0.39 is 28.3 Å².